The van der Waals surface area contributed by atoms with Gasteiger partial charge in [-0.15, -0.1) is 0 Å². The largest absolute Gasteiger partial charge is 0.465 e. The zero-order valence-electron chi connectivity index (χ0n) is 10.9. The summed E-state index contributed by atoms with van der Waals surface area (Å²) in [6.45, 7) is 4.02. The van der Waals surface area contributed by atoms with Gasteiger partial charge in [-0.2, -0.15) is 0 Å². The van der Waals surface area contributed by atoms with Crippen molar-refractivity contribution in [2.75, 3.05) is 7.11 Å². The van der Waals surface area contributed by atoms with E-state index < -0.39 is 0 Å². The second-order valence-corrected chi connectivity index (χ2v) is 4.28. The van der Waals surface area contributed by atoms with Gasteiger partial charge in [-0.05, 0) is 42.2 Å². The molecule has 0 aliphatic heterocycles. The van der Waals surface area contributed by atoms with E-state index in [-0.39, 0.29) is 5.97 Å². The highest BCUT2D eigenvalue weighted by atomic mass is 16.5. The first-order valence-electron chi connectivity index (χ1n) is 5.89. The summed E-state index contributed by atoms with van der Waals surface area (Å²) in [5, 5.41) is 0. The lowest BCUT2D eigenvalue weighted by atomic mass is 9.94. The Morgan fingerprint density at radius 3 is 2.28 bits per heavy atom. The number of aryl methyl sites for hydroxylation is 1. The molecule has 92 valence electrons. The summed E-state index contributed by atoms with van der Waals surface area (Å²) in [5.41, 5.74) is 5.01. The minimum absolute atomic E-state index is 0.289. The Labute approximate surface area is 107 Å². The third kappa shape index (κ3) is 2.14. The Balaban J connectivity index is 2.60. The van der Waals surface area contributed by atoms with Gasteiger partial charge in [0.2, 0.25) is 0 Å². The molecule has 18 heavy (non-hydrogen) atoms. The normalized spacial score (nSPS) is 10.2. The van der Waals surface area contributed by atoms with E-state index in [9.17, 15) is 4.79 Å². The highest BCUT2D eigenvalue weighted by Crippen LogP contribution is 2.28. The zero-order chi connectivity index (χ0) is 13.1. The second-order valence-electron chi connectivity index (χ2n) is 4.28. The SMILES string of the molecule is COC(=O)c1cccc(-c2ccccc2C)c1C. The number of benzene rings is 2. The van der Waals surface area contributed by atoms with Crippen LogP contribution in [0.1, 0.15) is 21.5 Å². The van der Waals surface area contributed by atoms with Crippen molar-refractivity contribution in [2.45, 2.75) is 13.8 Å². The summed E-state index contributed by atoms with van der Waals surface area (Å²) in [4.78, 5) is 11.7. The van der Waals surface area contributed by atoms with Gasteiger partial charge < -0.3 is 4.74 Å². The maximum Gasteiger partial charge on any atom is 0.338 e. The Morgan fingerprint density at radius 1 is 0.944 bits per heavy atom. The molecule has 0 bridgehead atoms. The summed E-state index contributed by atoms with van der Waals surface area (Å²) < 4.78 is 4.80. The zero-order valence-corrected chi connectivity index (χ0v) is 10.9. The first kappa shape index (κ1) is 12.4. The number of hydrogen-bond acceptors (Lipinski definition) is 2. The topological polar surface area (TPSA) is 26.3 Å². The number of methoxy groups -OCH3 is 1. The van der Waals surface area contributed by atoms with Crippen molar-refractivity contribution in [1.29, 1.82) is 0 Å². The highest BCUT2D eigenvalue weighted by molar-refractivity contribution is 5.93. The minimum atomic E-state index is -0.289. The molecule has 2 nitrogen and oxygen atoms in total. The average Bonchev–Trinajstić information content (AvgIpc) is 2.39. The molecule has 2 aromatic carbocycles. The molecular weight excluding hydrogens is 224 g/mol. The lowest BCUT2D eigenvalue weighted by molar-refractivity contribution is 0.0600. The predicted molar refractivity (Wildman–Crippen MR) is 72.7 cm³/mol. The van der Waals surface area contributed by atoms with Gasteiger partial charge in [-0.1, -0.05) is 36.4 Å². The molecule has 0 saturated heterocycles. The third-order valence-corrected chi connectivity index (χ3v) is 3.17. The van der Waals surface area contributed by atoms with Crippen LogP contribution in [-0.2, 0) is 4.74 Å². The molecule has 0 radical (unpaired) electrons. The molecule has 2 rings (SSSR count). The Bertz CT molecular complexity index is 585. The van der Waals surface area contributed by atoms with Crippen LogP contribution in [0.2, 0.25) is 0 Å². The molecule has 2 aromatic rings. The van der Waals surface area contributed by atoms with Crippen LogP contribution in [0, 0.1) is 13.8 Å². The molecule has 0 aliphatic rings. The Hall–Kier alpha value is -2.09. The fourth-order valence-corrected chi connectivity index (χ4v) is 2.13. The summed E-state index contributed by atoms with van der Waals surface area (Å²) in [6.07, 6.45) is 0. The molecule has 0 heterocycles. The summed E-state index contributed by atoms with van der Waals surface area (Å²) >= 11 is 0. The van der Waals surface area contributed by atoms with Crippen LogP contribution in [0.4, 0.5) is 0 Å². The van der Waals surface area contributed by atoms with Gasteiger partial charge in [-0.25, -0.2) is 4.79 Å². The van der Waals surface area contributed by atoms with E-state index in [0.29, 0.717) is 5.56 Å². The molecule has 0 saturated carbocycles. The third-order valence-electron chi connectivity index (χ3n) is 3.17. The van der Waals surface area contributed by atoms with Gasteiger partial charge in [0.05, 0.1) is 12.7 Å². The quantitative estimate of drug-likeness (QED) is 0.747. The lowest BCUT2D eigenvalue weighted by Gasteiger charge is -2.12. The van der Waals surface area contributed by atoms with Crippen molar-refractivity contribution in [2.24, 2.45) is 0 Å². The van der Waals surface area contributed by atoms with E-state index in [2.05, 4.69) is 19.1 Å². The average molecular weight is 240 g/mol. The second kappa shape index (κ2) is 5.05. The van der Waals surface area contributed by atoms with E-state index in [0.717, 1.165) is 16.7 Å². The van der Waals surface area contributed by atoms with Gasteiger partial charge in [0, 0.05) is 0 Å². The van der Waals surface area contributed by atoms with Gasteiger partial charge in [0.15, 0.2) is 0 Å². The number of ether oxygens (including phenoxy) is 1. The van der Waals surface area contributed by atoms with Crippen molar-refractivity contribution in [3.63, 3.8) is 0 Å². The van der Waals surface area contributed by atoms with Crippen LogP contribution in [0.3, 0.4) is 0 Å². The fourth-order valence-electron chi connectivity index (χ4n) is 2.13. The molecule has 0 unspecified atom stereocenters. The van der Waals surface area contributed by atoms with E-state index in [1.807, 2.05) is 31.2 Å². The molecular formula is C16H16O2. The number of rotatable bonds is 2. The van der Waals surface area contributed by atoms with Gasteiger partial charge in [0.1, 0.15) is 0 Å². The lowest BCUT2D eigenvalue weighted by Crippen LogP contribution is -2.04. The summed E-state index contributed by atoms with van der Waals surface area (Å²) in [7, 11) is 1.40. The predicted octanol–water partition coefficient (Wildman–Crippen LogP) is 3.76. The van der Waals surface area contributed by atoms with Gasteiger partial charge in [-0.3, -0.25) is 0 Å². The number of hydrogen-bond donors (Lipinski definition) is 0. The van der Waals surface area contributed by atoms with E-state index in [1.165, 1.54) is 12.7 Å². The monoisotopic (exact) mass is 240 g/mol. The molecule has 0 spiro atoms. The number of carbonyl (C=O) groups excluding carboxylic acids is 1. The smallest absolute Gasteiger partial charge is 0.338 e. The molecule has 0 fully saturated rings. The number of carbonyl (C=O) groups is 1. The molecule has 2 heteroatoms. The molecule has 0 aliphatic carbocycles. The maximum atomic E-state index is 11.7. The summed E-state index contributed by atoms with van der Waals surface area (Å²) in [5.74, 6) is -0.289. The van der Waals surface area contributed by atoms with Crippen molar-refractivity contribution in [1.82, 2.24) is 0 Å². The van der Waals surface area contributed by atoms with Crippen molar-refractivity contribution >= 4 is 5.97 Å². The van der Waals surface area contributed by atoms with E-state index in [1.54, 1.807) is 6.07 Å². The van der Waals surface area contributed by atoms with Crippen LogP contribution >= 0.6 is 0 Å². The number of esters is 1. The highest BCUT2D eigenvalue weighted by Gasteiger charge is 2.13. The Morgan fingerprint density at radius 2 is 1.61 bits per heavy atom. The van der Waals surface area contributed by atoms with Crippen LogP contribution in [-0.4, -0.2) is 13.1 Å². The van der Waals surface area contributed by atoms with Gasteiger partial charge in [0.25, 0.3) is 0 Å². The van der Waals surface area contributed by atoms with Crippen molar-refractivity contribution in [3.8, 4) is 11.1 Å². The molecule has 0 N–H and O–H groups in total. The first-order chi connectivity index (χ1) is 8.65. The van der Waals surface area contributed by atoms with Gasteiger partial charge >= 0.3 is 5.97 Å². The Kier molecular flexibility index (Phi) is 3.47. The molecule has 0 aromatic heterocycles. The van der Waals surface area contributed by atoms with E-state index >= 15 is 0 Å². The maximum absolute atomic E-state index is 11.7. The van der Waals surface area contributed by atoms with Crippen LogP contribution < -0.4 is 0 Å². The van der Waals surface area contributed by atoms with Crippen LogP contribution in [0.25, 0.3) is 11.1 Å². The van der Waals surface area contributed by atoms with E-state index in [4.69, 9.17) is 4.74 Å². The molecule has 0 atom stereocenters. The summed E-state index contributed by atoms with van der Waals surface area (Å²) in [6, 6.07) is 13.9. The minimum Gasteiger partial charge on any atom is -0.465 e. The van der Waals surface area contributed by atoms with Crippen LogP contribution in [0.15, 0.2) is 42.5 Å². The van der Waals surface area contributed by atoms with Crippen molar-refractivity contribution in [3.05, 3.63) is 59.2 Å². The fraction of sp³-hybridized carbons (Fsp3) is 0.188. The van der Waals surface area contributed by atoms with Crippen LogP contribution in [0.5, 0.6) is 0 Å². The standard InChI is InChI=1S/C16H16O2/c1-11-7-4-5-8-13(11)14-9-6-10-15(12(14)2)16(17)18-3/h4-10H,1-3H3. The molecule has 0 amide bonds. The first-order valence-corrected chi connectivity index (χ1v) is 5.89. The van der Waals surface area contributed by atoms with Crippen molar-refractivity contribution < 1.29 is 9.53 Å².